The summed E-state index contributed by atoms with van der Waals surface area (Å²) in [6, 6.07) is 0. The van der Waals surface area contributed by atoms with E-state index in [1.807, 2.05) is 0 Å². The van der Waals surface area contributed by atoms with Gasteiger partial charge >= 0.3 is 0 Å². The van der Waals surface area contributed by atoms with Crippen molar-refractivity contribution in [2.75, 3.05) is 26.8 Å². The standard InChI is InChI=1S/C14H23N3O5/c1-20-9-12-15-13(22-16-12)7-17-4-2-14(3-5-17)6-10(18)11(19)8-21-14/h10-11,18-19H,2-9H2,1H3/t10-,11+/m1/s1. The van der Waals surface area contributed by atoms with E-state index in [0.29, 0.717) is 31.3 Å². The second kappa shape index (κ2) is 6.59. The fraction of sp³-hybridized carbons (Fsp3) is 0.857. The summed E-state index contributed by atoms with van der Waals surface area (Å²) < 4.78 is 16.0. The molecule has 2 fully saturated rings. The molecule has 1 aromatic heterocycles. The Labute approximate surface area is 129 Å². The molecule has 3 rings (SSSR count). The number of aliphatic hydroxyl groups excluding tert-OH is 2. The van der Waals surface area contributed by atoms with Crippen LogP contribution in [0.1, 0.15) is 31.0 Å². The maximum atomic E-state index is 9.86. The molecule has 1 aromatic rings. The Morgan fingerprint density at radius 2 is 2.09 bits per heavy atom. The van der Waals surface area contributed by atoms with E-state index in [-0.39, 0.29) is 12.2 Å². The number of hydrogen-bond acceptors (Lipinski definition) is 8. The van der Waals surface area contributed by atoms with Gasteiger partial charge in [-0.2, -0.15) is 4.98 Å². The minimum atomic E-state index is -0.763. The molecule has 0 aliphatic carbocycles. The minimum absolute atomic E-state index is 0.213. The summed E-state index contributed by atoms with van der Waals surface area (Å²) in [6.45, 7) is 2.85. The molecule has 124 valence electrons. The summed E-state index contributed by atoms with van der Waals surface area (Å²) in [6.07, 6.45) is 0.709. The quantitative estimate of drug-likeness (QED) is 0.781. The van der Waals surface area contributed by atoms with Crippen LogP contribution < -0.4 is 0 Å². The zero-order valence-electron chi connectivity index (χ0n) is 12.8. The molecule has 0 saturated carbocycles. The molecular weight excluding hydrogens is 290 g/mol. The highest BCUT2D eigenvalue weighted by Crippen LogP contribution is 2.35. The van der Waals surface area contributed by atoms with E-state index in [4.69, 9.17) is 14.0 Å². The average Bonchev–Trinajstić information content (AvgIpc) is 2.94. The van der Waals surface area contributed by atoms with Gasteiger partial charge in [0, 0.05) is 26.6 Å². The Hall–Kier alpha value is -1.06. The van der Waals surface area contributed by atoms with Gasteiger partial charge in [0.15, 0.2) is 5.82 Å². The van der Waals surface area contributed by atoms with Gasteiger partial charge in [-0.1, -0.05) is 5.16 Å². The minimum Gasteiger partial charge on any atom is -0.390 e. The van der Waals surface area contributed by atoms with Gasteiger partial charge < -0.3 is 24.2 Å². The molecule has 0 radical (unpaired) electrons. The SMILES string of the molecule is COCc1noc(CN2CCC3(CC2)C[C@@H](O)[C@@H](O)CO3)n1. The number of ether oxygens (including phenoxy) is 2. The van der Waals surface area contributed by atoms with Crippen LogP contribution in [-0.4, -0.2) is 69.9 Å². The van der Waals surface area contributed by atoms with Gasteiger partial charge in [-0.15, -0.1) is 0 Å². The highest BCUT2D eigenvalue weighted by Gasteiger charge is 2.43. The van der Waals surface area contributed by atoms with Crippen LogP contribution in [0, 0.1) is 0 Å². The van der Waals surface area contributed by atoms with Gasteiger partial charge in [-0.25, -0.2) is 0 Å². The Balaban J connectivity index is 1.51. The van der Waals surface area contributed by atoms with Crippen molar-refractivity contribution < 1.29 is 24.2 Å². The molecule has 2 atom stereocenters. The number of aromatic nitrogens is 2. The smallest absolute Gasteiger partial charge is 0.240 e. The van der Waals surface area contributed by atoms with Gasteiger partial charge in [0.1, 0.15) is 12.7 Å². The Kier molecular flexibility index (Phi) is 4.74. The van der Waals surface area contributed by atoms with Crippen LogP contribution in [-0.2, 0) is 22.6 Å². The number of likely N-dealkylation sites (tertiary alicyclic amines) is 1. The van der Waals surface area contributed by atoms with Crippen molar-refractivity contribution in [3.05, 3.63) is 11.7 Å². The summed E-state index contributed by atoms with van der Waals surface area (Å²) in [7, 11) is 1.59. The second-order valence-corrected chi connectivity index (χ2v) is 6.15. The lowest BCUT2D eigenvalue weighted by molar-refractivity contribution is -0.188. The second-order valence-electron chi connectivity index (χ2n) is 6.15. The highest BCUT2D eigenvalue weighted by atomic mass is 16.5. The normalized spacial score (nSPS) is 29.0. The topological polar surface area (TPSA) is 101 Å². The first-order valence-electron chi connectivity index (χ1n) is 7.63. The molecule has 22 heavy (non-hydrogen) atoms. The molecule has 8 heteroatoms. The van der Waals surface area contributed by atoms with E-state index in [2.05, 4.69) is 15.0 Å². The zero-order valence-corrected chi connectivity index (χ0v) is 12.8. The van der Waals surface area contributed by atoms with E-state index < -0.39 is 12.2 Å². The van der Waals surface area contributed by atoms with E-state index in [0.717, 1.165) is 25.9 Å². The van der Waals surface area contributed by atoms with Crippen molar-refractivity contribution in [3.8, 4) is 0 Å². The molecule has 0 unspecified atom stereocenters. The molecule has 8 nitrogen and oxygen atoms in total. The maximum absolute atomic E-state index is 9.86. The molecular formula is C14H23N3O5. The van der Waals surface area contributed by atoms with Crippen molar-refractivity contribution in [2.24, 2.45) is 0 Å². The third-order valence-electron chi connectivity index (χ3n) is 4.50. The van der Waals surface area contributed by atoms with Crippen LogP contribution in [0.4, 0.5) is 0 Å². The van der Waals surface area contributed by atoms with Gasteiger partial charge in [0.25, 0.3) is 0 Å². The van der Waals surface area contributed by atoms with Crippen molar-refractivity contribution in [2.45, 2.75) is 50.2 Å². The number of nitrogens with zero attached hydrogens (tertiary/aromatic N) is 3. The van der Waals surface area contributed by atoms with Gasteiger partial charge in [0.2, 0.25) is 5.89 Å². The average molecular weight is 313 g/mol. The predicted molar refractivity (Wildman–Crippen MR) is 74.8 cm³/mol. The van der Waals surface area contributed by atoms with Crippen molar-refractivity contribution in [1.29, 1.82) is 0 Å². The van der Waals surface area contributed by atoms with E-state index >= 15 is 0 Å². The van der Waals surface area contributed by atoms with E-state index in [1.165, 1.54) is 0 Å². The molecule has 3 heterocycles. The molecule has 0 bridgehead atoms. The third-order valence-corrected chi connectivity index (χ3v) is 4.50. The first kappa shape index (κ1) is 15.8. The summed E-state index contributed by atoms with van der Waals surface area (Å²) in [5.41, 5.74) is -0.300. The van der Waals surface area contributed by atoms with Crippen LogP contribution >= 0.6 is 0 Å². The Morgan fingerprint density at radius 3 is 2.77 bits per heavy atom. The summed E-state index contributed by atoms with van der Waals surface area (Å²) in [4.78, 5) is 6.50. The predicted octanol–water partition coefficient (Wildman–Crippen LogP) is -0.307. The molecule has 0 amide bonds. The van der Waals surface area contributed by atoms with Crippen molar-refractivity contribution in [3.63, 3.8) is 0 Å². The van der Waals surface area contributed by atoms with E-state index in [1.54, 1.807) is 7.11 Å². The van der Waals surface area contributed by atoms with Gasteiger partial charge in [-0.3, -0.25) is 4.90 Å². The van der Waals surface area contributed by atoms with Crippen LogP contribution in [0.2, 0.25) is 0 Å². The van der Waals surface area contributed by atoms with Crippen LogP contribution in [0.25, 0.3) is 0 Å². The first-order chi connectivity index (χ1) is 10.6. The lowest BCUT2D eigenvalue weighted by Gasteiger charge is -2.46. The Morgan fingerprint density at radius 1 is 1.32 bits per heavy atom. The third kappa shape index (κ3) is 3.47. The zero-order chi connectivity index (χ0) is 15.6. The van der Waals surface area contributed by atoms with E-state index in [9.17, 15) is 10.2 Å². The number of methoxy groups -OCH3 is 1. The molecule has 1 spiro atoms. The maximum Gasteiger partial charge on any atom is 0.240 e. The molecule has 2 aliphatic rings. The number of rotatable bonds is 4. The summed E-state index contributed by atoms with van der Waals surface area (Å²) >= 11 is 0. The van der Waals surface area contributed by atoms with Crippen LogP contribution in [0.5, 0.6) is 0 Å². The van der Waals surface area contributed by atoms with Crippen molar-refractivity contribution in [1.82, 2.24) is 15.0 Å². The first-order valence-corrected chi connectivity index (χ1v) is 7.63. The lowest BCUT2D eigenvalue weighted by atomic mass is 9.82. The van der Waals surface area contributed by atoms with Crippen LogP contribution in [0.3, 0.4) is 0 Å². The molecule has 0 aromatic carbocycles. The molecule has 2 saturated heterocycles. The fourth-order valence-corrected chi connectivity index (χ4v) is 3.15. The summed E-state index contributed by atoms with van der Waals surface area (Å²) in [5, 5.41) is 23.3. The lowest BCUT2D eigenvalue weighted by Crippen LogP contribution is -2.54. The van der Waals surface area contributed by atoms with Gasteiger partial charge in [0.05, 0.1) is 24.9 Å². The summed E-state index contributed by atoms with van der Waals surface area (Å²) in [5.74, 6) is 1.14. The van der Waals surface area contributed by atoms with Crippen LogP contribution in [0.15, 0.2) is 4.52 Å². The van der Waals surface area contributed by atoms with Gasteiger partial charge in [-0.05, 0) is 12.8 Å². The van der Waals surface area contributed by atoms with Crippen molar-refractivity contribution >= 4 is 0 Å². The Bertz CT molecular complexity index is 487. The number of piperidine rings is 1. The highest BCUT2D eigenvalue weighted by molar-refractivity contribution is 4.95. The molecule has 2 N–H and O–H groups in total. The largest absolute Gasteiger partial charge is 0.390 e. The monoisotopic (exact) mass is 313 g/mol. The number of aliphatic hydroxyl groups is 2. The molecule has 2 aliphatic heterocycles. The fourth-order valence-electron chi connectivity index (χ4n) is 3.15. The number of hydrogen-bond donors (Lipinski definition) is 2.